The summed E-state index contributed by atoms with van der Waals surface area (Å²) in [6.07, 6.45) is 5.60. The molecule has 26 heavy (non-hydrogen) atoms. The molecule has 0 fully saturated rings. The van der Waals surface area contributed by atoms with Crippen molar-refractivity contribution in [3.8, 4) is 3.70 Å². The second kappa shape index (κ2) is 5.91. The maximum atomic E-state index is 12.5. The van der Waals surface area contributed by atoms with Gasteiger partial charge in [-0.3, -0.25) is 0 Å². The molecule has 3 heterocycles. The molecule has 0 saturated heterocycles. The molecule has 0 bridgehead atoms. The van der Waals surface area contributed by atoms with Crippen LogP contribution >= 0.6 is 0 Å². The van der Waals surface area contributed by atoms with Gasteiger partial charge in [0, 0.05) is 0 Å². The van der Waals surface area contributed by atoms with E-state index in [2.05, 4.69) is 15.6 Å². The molecule has 3 aromatic heterocycles. The van der Waals surface area contributed by atoms with Crippen LogP contribution in [0, 0.1) is 0 Å². The van der Waals surface area contributed by atoms with Crippen LogP contribution in [-0.2, 0) is 0 Å². The van der Waals surface area contributed by atoms with Crippen LogP contribution in [0.1, 0.15) is 24.3 Å². The number of fused-ring (bicyclic) bond motifs is 2. The number of pyridine rings is 1. The number of carbonyl (C=O) groups excluding carboxylic acids is 2. The zero-order chi connectivity index (χ0) is 17.7. The summed E-state index contributed by atoms with van der Waals surface area (Å²) < 4.78 is 4.38. The first-order valence-electron chi connectivity index (χ1n) is 8.15. The van der Waals surface area contributed by atoms with Crippen LogP contribution in [0.15, 0.2) is 72.6 Å². The van der Waals surface area contributed by atoms with Gasteiger partial charge in [-0.2, -0.15) is 0 Å². The van der Waals surface area contributed by atoms with Crippen LogP contribution in [0.4, 0.5) is 0 Å². The van der Waals surface area contributed by atoms with Gasteiger partial charge in [0.2, 0.25) is 0 Å². The fraction of sp³-hybridized carbons (Fsp3) is 0. The molecule has 1 aromatic carbocycles. The average Bonchev–Trinajstić information content (AvgIpc) is 3.36. The van der Waals surface area contributed by atoms with Crippen molar-refractivity contribution in [2.75, 3.05) is 0 Å². The molecule has 124 valence electrons. The van der Waals surface area contributed by atoms with Gasteiger partial charge in [0.15, 0.2) is 0 Å². The predicted octanol–water partition coefficient (Wildman–Crippen LogP) is 3.55. The third-order valence-electron chi connectivity index (χ3n) is 4.49. The molecule has 0 spiro atoms. The van der Waals surface area contributed by atoms with Crippen molar-refractivity contribution in [1.29, 1.82) is 0 Å². The molecule has 0 aliphatic heterocycles. The van der Waals surface area contributed by atoms with Crippen molar-refractivity contribution in [3.05, 3.63) is 87.3 Å². The van der Waals surface area contributed by atoms with Crippen molar-refractivity contribution in [2.24, 2.45) is 0 Å². The van der Waals surface area contributed by atoms with Gasteiger partial charge in [0.05, 0.1) is 0 Å². The molecule has 0 atom stereocenters. The van der Waals surface area contributed by atoms with Crippen molar-refractivity contribution in [3.63, 3.8) is 0 Å². The van der Waals surface area contributed by atoms with Crippen LogP contribution in [-0.4, -0.2) is 41.5 Å². The van der Waals surface area contributed by atoms with E-state index < -0.39 is 20.4 Å². The molecule has 0 amide bonds. The summed E-state index contributed by atoms with van der Waals surface area (Å²) >= 11 is -0.694. The SMILES string of the molecule is O=C1C(=Cc2ccc(-n3ccc4cccnc43)[te]2)C(=O)c2ccccc21. The number of benzene rings is 1. The van der Waals surface area contributed by atoms with Gasteiger partial charge < -0.3 is 0 Å². The summed E-state index contributed by atoms with van der Waals surface area (Å²) in [5.74, 6) is -0.332. The van der Waals surface area contributed by atoms with E-state index in [1.807, 2.05) is 30.5 Å². The molecule has 1 aliphatic carbocycles. The summed E-state index contributed by atoms with van der Waals surface area (Å²) in [7, 11) is 0. The quantitative estimate of drug-likeness (QED) is 0.266. The summed E-state index contributed by atoms with van der Waals surface area (Å²) in [5.41, 5.74) is 2.24. The zero-order valence-corrected chi connectivity index (χ0v) is 15.9. The number of aromatic nitrogens is 2. The molecule has 4 nitrogen and oxygen atoms in total. The molecular weight excluding hydrogens is 440 g/mol. The Labute approximate surface area is 159 Å². The summed E-state index contributed by atoms with van der Waals surface area (Å²) in [5, 5.41) is 1.10. The van der Waals surface area contributed by atoms with Crippen LogP contribution in [0.3, 0.4) is 0 Å². The van der Waals surface area contributed by atoms with E-state index in [0.717, 1.165) is 14.6 Å². The Balaban J connectivity index is 1.55. The molecular formula is C21H12N2O2Te. The first-order valence-corrected chi connectivity index (χ1v) is 10.5. The molecule has 0 radical (unpaired) electrons. The molecule has 5 rings (SSSR count). The Morgan fingerprint density at radius 3 is 2.42 bits per heavy atom. The van der Waals surface area contributed by atoms with Crippen molar-refractivity contribution >= 4 is 49.1 Å². The van der Waals surface area contributed by atoms with Crippen LogP contribution in [0.5, 0.6) is 0 Å². The molecule has 0 N–H and O–H groups in total. The second-order valence-electron chi connectivity index (χ2n) is 6.04. The second-order valence-corrected chi connectivity index (χ2v) is 9.16. The van der Waals surface area contributed by atoms with E-state index in [-0.39, 0.29) is 17.1 Å². The number of rotatable bonds is 2. The first kappa shape index (κ1) is 15.5. The minimum atomic E-state index is -0.694. The number of Topliss-reactive ketones (excluding diaryl/α,β-unsaturated/α-hetero) is 2. The Hall–Kier alpha value is -2.74. The van der Waals surface area contributed by atoms with Gasteiger partial charge in [0.1, 0.15) is 0 Å². The van der Waals surface area contributed by atoms with E-state index in [1.54, 1.807) is 36.5 Å². The molecule has 1 aliphatic rings. The van der Waals surface area contributed by atoms with E-state index in [1.165, 1.54) is 3.70 Å². The standard InChI is InChI=1S/C21H12N2O2Te/c24-19-15-5-1-2-6-16(15)20(25)17(19)12-14-7-8-18(26-14)23-11-9-13-4-3-10-22-21(13)23/h1-12H. The van der Waals surface area contributed by atoms with Gasteiger partial charge in [-0.05, 0) is 0 Å². The van der Waals surface area contributed by atoms with Crippen molar-refractivity contribution in [1.82, 2.24) is 9.55 Å². The van der Waals surface area contributed by atoms with Crippen molar-refractivity contribution < 1.29 is 9.59 Å². The Kier molecular flexibility index (Phi) is 3.53. The van der Waals surface area contributed by atoms with Crippen molar-refractivity contribution in [2.45, 2.75) is 0 Å². The zero-order valence-electron chi connectivity index (χ0n) is 13.5. The summed E-state index contributed by atoms with van der Waals surface area (Å²) in [4.78, 5) is 29.6. The Morgan fingerprint density at radius 2 is 1.65 bits per heavy atom. The number of ketones is 2. The predicted molar refractivity (Wildman–Crippen MR) is 101 cm³/mol. The van der Waals surface area contributed by atoms with Gasteiger partial charge in [-0.25, -0.2) is 0 Å². The average molecular weight is 452 g/mol. The van der Waals surface area contributed by atoms with E-state index in [9.17, 15) is 9.59 Å². The summed E-state index contributed by atoms with van der Waals surface area (Å²) in [6, 6.07) is 17.1. The number of allylic oxidation sites excluding steroid dienone is 1. The Bertz CT molecular complexity index is 1190. The van der Waals surface area contributed by atoms with E-state index in [0.29, 0.717) is 11.1 Å². The monoisotopic (exact) mass is 454 g/mol. The third kappa shape index (κ3) is 2.33. The third-order valence-corrected chi connectivity index (χ3v) is 7.43. The first-order chi connectivity index (χ1) is 12.7. The minimum absolute atomic E-state index is 0.166. The molecule has 4 aromatic rings. The fourth-order valence-electron chi connectivity index (χ4n) is 3.24. The van der Waals surface area contributed by atoms with Crippen LogP contribution in [0.25, 0.3) is 20.8 Å². The van der Waals surface area contributed by atoms with Crippen LogP contribution < -0.4 is 0 Å². The topological polar surface area (TPSA) is 52.0 Å². The maximum absolute atomic E-state index is 12.5. The van der Waals surface area contributed by atoms with Gasteiger partial charge in [-0.15, -0.1) is 0 Å². The van der Waals surface area contributed by atoms with E-state index >= 15 is 0 Å². The number of hydrogen-bond donors (Lipinski definition) is 0. The molecule has 5 heteroatoms. The van der Waals surface area contributed by atoms with Gasteiger partial charge >= 0.3 is 159 Å². The number of hydrogen-bond acceptors (Lipinski definition) is 3. The summed E-state index contributed by atoms with van der Waals surface area (Å²) in [6.45, 7) is 0. The molecule has 0 saturated carbocycles. The van der Waals surface area contributed by atoms with Gasteiger partial charge in [-0.1, -0.05) is 0 Å². The number of carbonyl (C=O) groups is 2. The van der Waals surface area contributed by atoms with E-state index in [4.69, 9.17) is 0 Å². The molecule has 0 unspecified atom stereocenters. The number of nitrogens with zero attached hydrogens (tertiary/aromatic N) is 2. The fourth-order valence-corrected chi connectivity index (χ4v) is 5.91. The van der Waals surface area contributed by atoms with Crippen LogP contribution in [0.2, 0.25) is 0 Å². The van der Waals surface area contributed by atoms with Gasteiger partial charge in [0.25, 0.3) is 0 Å². The normalized spacial score (nSPS) is 13.5. The Morgan fingerprint density at radius 1 is 0.885 bits per heavy atom.